The molecule has 0 aliphatic carbocycles. The molecular formula is C14H12F2N2O3. The van der Waals surface area contributed by atoms with Crippen LogP contribution in [-0.4, -0.2) is 46.7 Å². The van der Waals surface area contributed by atoms with Crippen LogP contribution in [0.25, 0.3) is 10.8 Å². The Bertz CT molecular complexity index is 687. The Labute approximate surface area is 118 Å². The van der Waals surface area contributed by atoms with E-state index in [9.17, 15) is 18.7 Å². The van der Waals surface area contributed by atoms with Crippen LogP contribution in [0.2, 0.25) is 0 Å². The van der Waals surface area contributed by atoms with E-state index in [1.807, 2.05) is 0 Å². The number of hydrogen-bond donors (Lipinski definition) is 1. The van der Waals surface area contributed by atoms with Gasteiger partial charge < -0.3 is 14.7 Å². The first-order valence-corrected chi connectivity index (χ1v) is 6.36. The number of carbonyl (C=O) groups excluding carboxylic acids is 1. The van der Waals surface area contributed by atoms with Crippen molar-refractivity contribution in [3.63, 3.8) is 0 Å². The molecule has 2 heterocycles. The summed E-state index contributed by atoms with van der Waals surface area (Å²) in [5.41, 5.74) is -0.0794. The summed E-state index contributed by atoms with van der Waals surface area (Å²) in [6, 6.07) is 6.99. The van der Waals surface area contributed by atoms with Crippen LogP contribution in [0, 0.1) is 0 Å². The van der Waals surface area contributed by atoms with Gasteiger partial charge in [-0.1, -0.05) is 24.3 Å². The number of alkyl halides is 2. The maximum atomic E-state index is 12.2. The van der Waals surface area contributed by atoms with Crippen molar-refractivity contribution in [1.82, 2.24) is 9.88 Å². The Kier molecular flexibility index (Phi) is 3.42. The van der Waals surface area contributed by atoms with Gasteiger partial charge in [-0.25, -0.2) is 4.98 Å². The van der Waals surface area contributed by atoms with Crippen LogP contribution in [0.3, 0.4) is 0 Å². The Balaban J connectivity index is 1.79. The van der Waals surface area contributed by atoms with E-state index in [0.29, 0.717) is 10.8 Å². The number of likely N-dealkylation sites (tertiary alicyclic amines) is 1. The molecule has 0 spiro atoms. The summed E-state index contributed by atoms with van der Waals surface area (Å²) in [4.78, 5) is 17.5. The Morgan fingerprint density at radius 3 is 2.81 bits per heavy atom. The summed E-state index contributed by atoms with van der Waals surface area (Å²) >= 11 is 0. The number of hydrogen-bond acceptors (Lipinski definition) is 4. The number of aromatic nitrogens is 1. The molecule has 1 fully saturated rings. The van der Waals surface area contributed by atoms with Gasteiger partial charge in [0.2, 0.25) is 0 Å². The van der Waals surface area contributed by atoms with Crippen LogP contribution < -0.4 is 0 Å². The van der Waals surface area contributed by atoms with Crippen LogP contribution in [0.15, 0.2) is 30.5 Å². The van der Waals surface area contributed by atoms with Gasteiger partial charge in [0.25, 0.3) is 5.91 Å². The minimum absolute atomic E-state index is 0.0666. The SMILES string of the molecule is O=C(c1ncc2ccccc2c1O)N1CC(OC(F)F)C1. The quantitative estimate of drug-likeness (QED) is 0.940. The molecule has 0 radical (unpaired) electrons. The summed E-state index contributed by atoms with van der Waals surface area (Å²) in [5.74, 6) is -0.691. The van der Waals surface area contributed by atoms with Crippen molar-refractivity contribution >= 4 is 16.7 Å². The molecule has 21 heavy (non-hydrogen) atoms. The largest absolute Gasteiger partial charge is 0.505 e. The number of nitrogens with zero attached hydrogens (tertiary/aromatic N) is 2. The molecule has 1 amide bonds. The van der Waals surface area contributed by atoms with Gasteiger partial charge in [-0.15, -0.1) is 0 Å². The second-order valence-electron chi connectivity index (χ2n) is 4.77. The van der Waals surface area contributed by atoms with Gasteiger partial charge in [0.05, 0.1) is 6.10 Å². The minimum atomic E-state index is -2.85. The lowest BCUT2D eigenvalue weighted by molar-refractivity contribution is -0.189. The summed E-state index contributed by atoms with van der Waals surface area (Å²) in [7, 11) is 0. The maximum absolute atomic E-state index is 12.2. The van der Waals surface area contributed by atoms with Gasteiger partial charge in [-0.2, -0.15) is 8.78 Å². The van der Waals surface area contributed by atoms with Crippen LogP contribution in [-0.2, 0) is 4.74 Å². The first kappa shape index (κ1) is 13.7. The van der Waals surface area contributed by atoms with Crippen LogP contribution >= 0.6 is 0 Å². The summed E-state index contributed by atoms with van der Waals surface area (Å²) in [5, 5.41) is 11.4. The number of pyridine rings is 1. The average Bonchev–Trinajstić information content (AvgIpc) is 2.42. The molecule has 3 rings (SSSR count). The fourth-order valence-electron chi connectivity index (χ4n) is 2.29. The number of fused-ring (bicyclic) bond motifs is 1. The second-order valence-corrected chi connectivity index (χ2v) is 4.77. The van der Waals surface area contributed by atoms with E-state index in [2.05, 4.69) is 9.72 Å². The summed E-state index contributed by atoms with van der Waals surface area (Å²) < 4.78 is 28.3. The van der Waals surface area contributed by atoms with Crippen molar-refractivity contribution in [2.45, 2.75) is 12.7 Å². The monoisotopic (exact) mass is 294 g/mol. The number of ether oxygens (including phenoxy) is 1. The fourth-order valence-corrected chi connectivity index (χ4v) is 2.29. The highest BCUT2D eigenvalue weighted by Crippen LogP contribution is 2.28. The van der Waals surface area contributed by atoms with Crippen LogP contribution in [0.5, 0.6) is 5.75 Å². The molecule has 110 valence electrons. The van der Waals surface area contributed by atoms with E-state index in [1.165, 1.54) is 11.1 Å². The molecule has 5 nitrogen and oxygen atoms in total. The number of amides is 1. The number of aromatic hydroxyl groups is 1. The van der Waals surface area contributed by atoms with Crippen molar-refractivity contribution in [1.29, 1.82) is 0 Å². The third-order valence-corrected chi connectivity index (χ3v) is 3.41. The molecule has 0 saturated carbocycles. The van der Waals surface area contributed by atoms with Gasteiger partial charge >= 0.3 is 6.61 Å². The molecule has 1 aliphatic rings. The molecule has 0 bridgehead atoms. The van der Waals surface area contributed by atoms with Gasteiger partial charge in [-0.3, -0.25) is 4.79 Å². The van der Waals surface area contributed by atoms with E-state index in [1.54, 1.807) is 24.3 Å². The molecule has 1 saturated heterocycles. The average molecular weight is 294 g/mol. The smallest absolute Gasteiger partial charge is 0.345 e. The minimum Gasteiger partial charge on any atom is -0.505 e. The molecule has 7 heteroatoms. The molecule has 0 atom stereocenters. The summed E-state index contributed by atoms with van der Waals surface area (Å²) in [6.07, 6.45) is 0.825. The van der Waals surface area contributed by atoms with E-state index in [-0.39, 0.29) is 24.5 Å². The normalized spacial score (nSPS) is 15.5. The van der Waals surface area contributed by atoms with Crippen molar-refractivity contribution in [3.8, 4) is 5.75 Å². The van der Waals surface area contributed by atoms with Gasteiger partial charge in [0.1, 0.15) is 0 Å². The zero-order valence-corrected chi connectivity index (χ0v) is 10.9. The predicted molar refractivity (Wildman–Crippen MR) is 70.2 cm³/mol. The summed E-state index contributed by atoms with van der Waals surface area (Å²) in [6.45, 7) is -2.71. The van der Waals surface area contributed by atoms with E-state index in [4.69, 9.17) is 0 Å². The number of rotatable bonds is 3. The van der Waals surface area contributed by atoms with Crippen LogP contribution in [0.1, 0.15) is 10.5 Å². The third-order valence-electron chi connectivity index (χ3n) is 3.41. The second kappa shape index (κ2) is 5.25. The highest BCUT2D eigenvalue weighted by Gasteiger charge is 2.35. The van der Waals surface area contributed by atoms with E-state index in [0.717, 1.165) is 0 Å². The molecule has 1 aromatic carbocycles. The molecule has 2 aromatic rings. The standard InChI is InChI=1S/C14H12F2N2O3/c15-14(16)21-9-6-18(7-9)13(20)11-12(19)10-4-2-1-3-8(10)5-17-11/h1-5,9,14,19H,6-7H2. The zero-order chi connectivity index (χ0) is 15.0. The lowest BCUT2D eigenvalue weighted by Gasteiger charge is -2.38. The molecule has 1 aliphatic heterocycles. The molecular weight excluding hydrogens is 282 g/mol. The number of halogens is 2. The number of benzene rings is 1. The van der Waals surface area contributed by atoms with Gasteiger partial charge in [0, 0.05) is 30.1 Å². The van der Waals surface area contributed by atoms with Crippen molar-refractivity contribution < 1.29 is 23.4 Å². The van der Waals surface area contributed by atoms with Crippen LogP contribution in [0.4, 0.5) is 8.78 Å². The zero-order valence-electron chi connectivity index (χ0n) is 10.9. The van der Waals surface area contributed by atoms with Crippen molar-refractivity contribution in [3.05, 3.63) is 36.2 Å². The van der Waals surface area contributed by atoms with Gasteiger partial charge in [-0.05, 0) is 0 Å². The topological polar surface area (TPSA) is 62.7 Å². The highest BCUT2D eigenvalue weighted by atomic mass is 19.3. The predicted octanol–water partition coefficient (Wildman–Crippen LogP) is 2.00. The van der Waals surface area contributed by atoms with E-state index >= 15 is 0 Å². The molecule has 1 N–H and O–H groups in total. The lowest BCUT2D eigenvalue weighted by Crippen LogP contribution is -2.55. The fraction of sp³-hybridized carbons (Fsp3) is 0.286. The first-order valence-electron chi connectivity index (χ1n) is 6.36. The van der Waals surface area contributed by atoms with Gasteiger partial charge in [0.15, 0.2) is 11.4 Å². The van der Waals surface area contributed by atoms with Crippen molar-refractivity contribution in [2.24, 2.45) is 0 Å². The third kappa shape index (κ3) is 2.52. The lowest BCUT2D eigenvalue weighted by atomic mass is 10.1. The highest BCUT2D eigenvalue weighted by molar-refractivity contribution is 6.01. The Hall–Kier alpha value is -2.28. The first-order chi connectivity index (χ1) is 10.1. The maximum Gasteiger partial charge on any atom is 0.345 e. The Morgan fingerprint density at radius 2 is 2.10 bits per heavy atom. The van der Waals surface area contributed by atoms with Crippen molar-refractivity contribution in [2.75, 3.05) is 13.1 Å². The number of carbonyl (C=O) groups is 1. The molecule has 0 unspecified atom stereocenters. The molecule has 1 aromatic heterocycles. The Morgan fingerprint density at radius 1 is 1.38 bits per heavy atom. The van der Waals surface area contributed by atoms with E-state index < -0.39 is 18.6 Å².